The van der Waals surface area contributed by atoms with E-state index in [4.69, 9.17) is 9.15 Å². The molecule has 3 rings (SSSR count). The van der Waals surface area contributed by atoms with Crippen LogP contribution in [0.15, 0.2) is 75.6 Å². The van der Waals surface area contributed by atoms with Gasteiger partial charge in [0.05, 0.1) is 0 Å². The number of hydrogen-bond donors (Lipinski definition) is 2. The number of amides is 2. The lowest BCUT2D eigenvalue weighted by Crippen LogP contribution is -2.41. The van der Waals surface area contributed by atoms with Crippen LogP contribution in [-0.4, -0.2) is 11.8 Å². The van der Waals surface area contributed by atoms with E-state index in [0.29, 0.717) is 17.1 Å². The van der Waals surface area contributed by atoms with Crippen LogP contribution in [0.1, 0.15) is 26.7 Å². The molecule has 0 atom stereocenters. The second-order valence-corrected chi connectivity index (χ2v) is 6.20. The average molecular weight is 415 g/mol. The van der Waals surface area contributed by atoms with Gasteiger partial charge in [-0.05, 0) is 48.5 Å². The molecule has 1 aromatic heterocycles. The zero-order chi connectivity index (χ0) is 18.4. The van der Waals surface area contributed by atoms with E-state index in [1.807, 2.05) is 24.3 Å². The van der Waals surface area contributed by atoms with E-state index in [1.165, 1.54) is 6.07 Å². The van der Waals surface area contributed by atoms with Gasteiger partial charge in [0.2, 0.25) is 0 Å². The van der Waals surface area contributed by atoms with Crippen LogP contribution in [0.3, 0.4) is 0 Å². The third-order valence-electron chi connectivity index (χ3n) is 3.41. The second-order valence-electron chi connectivity index (χ2n) is 5.28. The quantitative estimate of drug-likeness (QED) is 0.623. The van der Waals surface area contributed by atoms with Crippen LogP contribution in [0, 0.1) is 0 Å². The lowest BCUT2D eigenvalue weighted by molar-refractivity contribution is 0.0828. The van der Waals surface area contributed by atoms with E-state index < -0.39 is 11.8 Å². The van der Waals surface area contributed by atoms with E-state index >= 15 is 0 Å². The van der Waals surface area contributed by atoms with E-state index in [-0.39, 0.29) is 12.4 Å². The van der Waals surface area contributed by atoms with Crippen molar-refractivity contribution in [2.24, 2.45) is 0 Å². The van der Waals surface area contributed by atoms with Crippen molar-refractivity contribution >= 4 is 27.7 Å². The van der Waals surface area contributed by atoms with Gasteiger partial charge < -0.3 is 9.15 Å². The molecule has 6 nitrogen and oxygen atoms in total. The first-order valence-corrected chi connectivity index (χ1v) is 8.54. The molecule has 2 N–H and O–H groups in total. The van der Waals surface area contributed by atoms with Crippen molar-refractivity contribution < 1.29 is 18.7 Å². The Hall–Kier alpha value is -3.06. The predicted molar refractivity (Wildman–Crippen MR) is 98.6 cm³/mol. The summed E-state index contributed by atoms with van der Waals surface area (Å²) >= 11 is 3.35. The van der Waals surface area contributed by atoms with Gasteiger partial charge in [-0.25, -0.2) is 0 Å². The minimum atomic E-state index is -0.552. The van der Waals surface area contributed by atoms with Crippen LogP contribution in [0.25, 0.3) is 0 Å². The first-order chi connectivity index (χ1) is 12.6. The fraction of sp³-hybridized carbons (Fsp3) is 0.0526. The fourth-order valence-electron chi connectivity index (χ4n) is 2.10. The van der Waals surface area contributed by atoms with Crippen LogP contribution in [0.2, 0.25) is 0 Å². The molecule has 0 saturated carbocycles. The molecular weight excluding hydrogens is 400 g/mol. The van der Waals surface area contributed by atoms with Gasteiger partial charge in [0, 0.05) is 10.0 Å². The van der Waals surface area contributed by atoms with Crippen molar-refractivity contribution in [2.75, 3.05) is 0 Å². The molecule has 3 aromatic rings. The number of nitrogens with one attached hydrogen (secondary N) is 2. The Morgan fingerprint density at radius 2 is 1.58 bits per heavy atom. The number of ether oxygens (including phenoxy) is 1. The molecule has 2 aromatic carbocycles. The Bertz CT molecular complexity index is 891. The summed E-state index contributed by atoms with van der Waals surface area (Å²) in [5, 5.41) is 0. The summed E-state index contributed by atoms with van der Waals surface area (Å²) in [6.07, 6.45) is 0. The molecule has 0 unspecified atom stereocenters. The average Bonchev–Trinajstić information content (AvgIpc) is 3.15. The van der Waals surface area contributed by atoms with Gasteiger partial charge in [-0.3, -0.25) is 20.4 Å². The Labute approximate surface area is 158 Å². The zero-order valence-electron chi connectivity index (χ0n) is 13.6. The number of furan rings is 1. The van der Waals surface area contributed by atoms with Crippen LogP contribution < -0.4 is 15.6 Å². The molecular formula is C19H15BrN2O4. The first kappa shape index (κ1) is 17.8. The molecule has 1 heterocycles. The van der Waals surface area contributed by atoms with Gasteiger partial charge in [-0.1, -0.05) is 34.1 Å². The SMILES string of the molecule is O=C(NNC(=O)c1ccc(COc2ccc(Br)cc2)o1)c1ccccc1. The highest BCUT2D eigenvalue weighted by molar-refractivity contribution is 9.10. The monoisotopic (exact) mass is 414 g/mol. The van der Waals surface area contributed by atoms with Gasteiger partial charge in [0.25, 0.3) is 5.91 Å². The molecule has 0 aliphatic carbocycles. The summed E-state index contributed by atoms with van der Waals surface area (Å²) in [7, 11) is 0. The summed E-state index contributed by atoms with van der Waals surface area (Å²) < 4.78 is 12.0. The Morgan fingerprint density at radius 3 is 2.31 bits per heavy atom. The summed E-state index contributed by atoms with van der Waals surface area (Å²) in [6.45, 7) is 0.186. The van der Waals surface area contributed by atoms with Crippen molar-refractivity contribution in [1.82, 2.24) is 10.9 Å². The molecule has 26 heavy (non-hydrogen) atoms. The Morgan fingerprint density at radius 1 is 0.885 bits per heavy atom. The lowest BCUT2D eigenvalue weighted by Gasteiger charge is -2.06. The van der Waals surface area contributed by atoms with Crippen LogP contribution in [0.5, 0.6) is 5.75 Å². The van der Waals surface area contributed by atoms with Crippen molar-refractivity contribution in [3.05, 3.63) is 88.3 Å². The van der Waals surface area contributed by atoms with Crippen molar-refractivity contribution in [1.29, 1.82) is 0 Å². The molecule has 0 saturated heterocycles. The maximum Gasteiger partial charge on any atom is 0.305 e. The minimum absolute atomic E-state index is 0.0766. The second kappa shape index (κ2) is 8.35. The molecule has 132 valence electrons. The van der Waals surface area contributed by atoms with Crippen molar-refractivity contribution in [3.63, 3.8) is 0 Å². The number of carbonyl (C=O) groups is 2. The summed E-state index contributed by atoms with van der Waals surface area (Å²) in [4.78, 5) is 23.9. The molecule has 0 radical (unpaired) electrons. The lowest BCUT2D eigenvalue weighted by atomic mass is 10.2. The van der Waals surface area contributed by atoms with Crippen LogP contribution in [-0.2, 0) is 6.61 Å². The maximum absolute atomic E-state index is 12.0. The molecule has 0 spiro atoms. The number of hydrazine groups is 1. The zero-order valence-corrected chi connectivity index (χ0v) is 15.2. The van der Waals surface area contributed by atoms with Gasteiger partial charge in [0.1, 0.15) is 18.1 Å². The van der Waals surface area contributed by atoms with Gasteiger partial charge in [0.15, 0.2) is 5.76 Å². The minimum Gasteiger partial charge on any atom is -0.486 e. The first-order valence-electron chi connectivity index (χ1n) is 7.74. The largest absolute Gasteiger partial charge is 0.486 e. The number of rotatable bonds is 5. The molecule has 7 heteroatoms. The van der Waals surface area contributed by atoms with E-state index in [1.54, 1.807) is 36.4 Å². The van der Waals surface area contributed by atoms with E-state index in [9.17, 15) is 9.59 Å². The van der Waals surface area contributed by atoms with E-state index in [0.717, 1.165) is 4.47 Å². The third-order valence-corrected chi connectivity index (χ3v) is 3.93. The molecule has 0 aliphatic rings. The van der Waals surface area contributed by atoms with Crippen LogP contribution in [0.4, 0.5) is 0 Å². The predicted octanol–water partition coefficient (Wildman–Crippen LogP) is 3.70. The Balaban J connectivity index is 1.51. The third kappa shape index (κ3) is 4.73. The van der Waals surface area contributed by atoms with Crippen molar-refractivity contribution in [2.45, 2.75) is 6.61 Å². The fourth-order valence-corrected chi connectivity index (χ4v) is 2.36. The topological polar surface area (TPSA) is 80.6 Å². The maximum atomic E-state index is 12.0. The highest BCUT2D eigenvalue weighted by Gasteiger charge is 2.13. The summed E-state index contributed by atoms with van der Waals surface area (Å²) in [5.41, 5.74) is 5.09. The normalized spacial score (nSPS) is 10.2. The standard InChI is InChI=1S/C19H15BrN2O4/c20-14-6-8-15(9-7-14)25-12-16-10-11-17(26-16)19(24)22-21-18(23)13-4-2-1-3-5-13/h1-11H,12H2,(H,21,23)(H,22,24). The van der Waals surface area contributed by atoms with Gasteiger partial charge >= 0.3 is 5.91 Å². The van der Waals surface area contributed by atoms with Gasteiger partial charge in [-0.15, -0.1) is 0 Å². The summed E-state index contributed by atoms with van der Waals surface area (Å²) in [6, 6.07) is 19.1. The highest BCUT2D eigenvalue weighted by Crippen LogP contribution is 2.18. The molecule has 0 aliphatic heterocycles. The van der Waals surface area contributed by atoms with Crippen LogP contribution >= 0.6 is 15.9 Å². The van der Waals surface area contributed by atoms with Crippen molar-refractivity contribution in [3.8, 4) is 5.75 Å². The number of halogens is 1. The van der Waals surface area contributed by atoms with E-state index in [2.05, 4.69) is 26.8 Å². The molecule has 0 bridgehead atoms. The Kier molecular flexibility index (Phi) is 5.70. The smallest absolute Gasteiger partial charge is 0.305 e. The van der Waals surface area contributed by atoms with Gasteiger partial charge in [-0.2, -0.15) is 0 Å². The molecule has 2 amide bonds. The highest BCUT2D eigenvalue weighted by atomic mass is 79.9. The number of benzene rings is 2. The number of carbonyl (C=O) groups excluding carboxylic acids is 2. The summed E-state index contributed by atoms with van der Waals surface area (Å²) in [5.74, 6) is 0.291. The molecule has 0 fully saturated rings. The number of hydrogen-bond acceptors (Lipinski definition) is 4.